The van der Waals surface area contributed by atoms with Gasteiger partial charge in [-0.3, -0.25) is 9.59 Å². The minimum atomic E-state index is -4.66. The first-order valence-corrected chi connectivity index (χ1v) is 18.3. The number of nitriles is 2. The summed E-state index contributed by atoms with van der Waals surface area (Å²) in [6, 6.07) is 26.0. The molecule has 57 heavy (non-hydrogen) atoms. The molecular formula is C47H51F3N4O3. The number of hydrogen-bond acceptors (Lipinski definition) is 5. The lowest BCUT2D eigenvalue weighted by molar-refractivity contribution is -0.137. The van der Waals surface area contributed by atoms with Crippen LogP contribution >= 0.6 is 0 Å². The van der Waals surface area contributed by atoms with E-state index < -0.39 is 34.0 Å². The topological polar surface area (TPSA) is 115 Å². The average Bonchev–Trinajstić information content (AvgIpc) is 3.09. The van der Waals surface area contributed by atoms with Gasteiger partial charge >= 0.3 is 6.18 Å². The Hall–Kier alpha value is -6.13. The number of halogens is 3. The maximum Gasteiger partial charge on any atom is 0.417 e. The first-order chi connectivity index (χ1) is 26.4. The Bertz CT molecular complexity index is 2270. The molecule has 0 saturated carbocycles. The SMILES string of the molecule is COc1cccc(C(=O)N/C(=C(\C#N)c2cc(C)cc(C)c2)C(C)(C)C)c1C.Cc1cc(C)cc(/C(C#N)=C(/NC(=O)c2ccccc2C(F)(F)F)C(C)(C)C)c1. The van der Waals surface area contributed by atoms with Gasteiger partial charge in [-0.1, -0.05) is 118 Å². The number of hydrogen-bond donors (Lipinski definition) is 2. The largest absolute Gasteiger partial charge is 0.496 e. The van der Waals surface area contributed by atoms with Gasteiger partial charge in [0.25, 0.3) is 11.8 Å². The molecule has 0 aliphatic heterocycles. The van der Waals surface area contributed by atoms with Gasteiger partial charge in [-0.15, -0.1) is 0 Å². The van der Waals surface area contributed by atoms with E-state index in [1.165, 1.54) is 12.1 Å². The molecule has 0 bridgehead atoms. The van der Waals surface area contributed by atoms with Gasteiger partial charge in [-0.05, 0) is 70.0 Å². The van der Waals surface area contributed by atoms with Gasteiger partial charge in [0.15, 0.2) is 0 Å². The minimum absolute atomic E-state index is 0.224. The van der Waals surface area contributed by atoms with Crippen LogP contribution < -0.4 is 15.4 Å². The molecule has 4 aromatic carbocycles. The number of nitrogens with zero attached hydrogens (tertiary/aromatic N) is 2. The molecule has 10 heteroatoms. The summed E-state index contributed by atoms with van der Waals surface area (Å²) in [7, 11) is 1.58. The second-order valence-corrected chi connectivity index (χ2v) is 16.1. The highest BCUT2D eigenvalue weighted by molar-refractivity contribution is 5.99. The van der Waals surface area contributed by atoms with E-state index in [9.17, 15) is 33.3 Å². The predicted molar refractivity (Wildman–Crippen MR) is 220 cm³/mol. The summed E-state index contributed by atoms with van der Waals surface area (Å²) in [6.45, 7) is 21.0. The number of aryl methyl sites for hydroxylation is 4. The molecule has 0 heterocycles. The predicted octanol–water partition coefficient (Wildman–Crippen LogP) is 11.4. The molecule has 2 amide bonds. The van der Waals surface area contributed by atoms with Gasteiger partial charge in [-0.2, -0.15) is 23.7 Å². The van der Waals surface area contributed by atoms with Crippen molar-refractivity contribution in [1.82, 2.24) is 10.6 Å². The fraction of sp³-hybridized carbons (Fsp3) is 0.319. The zero-order chi connectivity index (χ0) is 43.0. The average molecular weight is 777 g/mol. The maximum atomic E-state index is 13.3. The molecule has 0 aliphatic carbocycles. The summed E-state index contributed by atoms with van der Waals surface area (Å²) in [6.07, 6.45) is -4.66. The normalized spacial score (nSPS) is 12.4. The summed E-state index contributed by atoms with van der Waals surface area (Å²) in [5.74, 6) is -0.498. The number of carbonyl (C=O) groups is 2. The minimum Gasteiger partial charge on any atom is -0.496 e. The lowest BCUT2D eigenvalue weighted by Gasteiger charge is -2.26. The van der Waals surface area contributed by atoms with E-state index in [-0.39, 0.29) is 17.2 Å². The zero-order valence-corrected chi connectivity index (χ0v) is 34.8. The second-order valence-electron chi connectivity index (χ2n) is 16.1. The summed E-state index contributed by atoms with van der Waals surface area (Å²) in [5, 5.41) is 25.4. The Balaban J connectivity index is 0.000000306. The Morgan fingerprint density at radius 1 is 0.596 bits per heavy atom. The first kappa shape index (κ1) is 45.3. The van der Waals surface area contributed by atoms with Crippen molar-refractivity contribution in [3.8, 4) is 17.9 Å². The second kappa shape index (κ2) is 18.2. The molecule has 0 radical (unpaired) electrons. The van der Waals surface area contributed by atoms with Gasteiger partial charge in [-0.25, -0.2) is 0 Å². The fourth-order valence-corrected chi connectivity index (χ4v) is 6.39. The number of methoxy groups -OCH3 is 1. The van der Waals surface area contributed by atoms with Gasteiger partial charge in [0.05, 0.1) is 29.4 Å². The highest BCUT2D eigenvalue weighted by Gasteiger charge is 2.36. The highest BCUT2D eigenvalue weighted by Crippen LogP contribution is 2.35. The zero-order valence-electron chi connectivity index (χ0n) is 34.8. The third-order valence-electron chi connectivity index (χ3n) is 8.95. The van der Waals surface area contributed by atoms with Crippen molar-refractivity contribution in [2.24, 2.45) is 10.8 Å². The van der Waals surface area contributed by atoms with Crippen LogP contribution in [-0.2, 0) is 6.18 Å². The number of allylic oxidation sites excluding steroid dienone is 4. The van der Waals surface area contributed by atoms with E-state index >= 15 is 0 Å². The molecule has 2 N–H and O–H groups in total. The highest BCUT2D eigenvalue weighted by atomic mass is 19.4. The monoisotopic (exact) mass is 776 g/mol. The van der Waals surface area contributed by atoms with Crippen LogP contribution in [0.15, 0.2) is 90.3 Å². The molecule has 0 saturated heterocycles. The Kier molecular flexibility index (Phi) is 14.5. The lowest BCUT2D eigenvalue weighted by Crippen LogP contribution is -2.32. The van der Waals surface area contributed by atoms with Crippen molar-refractivity contribution < 1.29 is 27.5 Å². The summed E-state index contributed by atoms with van der Waals surface area (Å²) >= 11 is 0. The van der Waals surface area contributed by atoms with Crippen molar-refractivity contribution in [2.75, 3.05) is 7.11 Å². The van der Waals surface area contributed by atoms with Crippen LogP contribution in [0.3, 0.4) is 0 Å². The van der Waals surface area contributed by atoms with E-state index in [4.69, 9.17) is 4.74 Å². The number of benzene rings is 4. The van der Waals surface area contributed by atoms with E-state index in [1.54, 1.807) is 40.0 Å². The number of rotatable bonds is 7. The molecule has 0 aromatic heterocycles. The molecule has 0 atom stereocenters. The molecule has 7 nitrogen and oxygen atoms in total. The Morgan fingerprint density at radius 2 is 0.982 bits per heavy atom. The molecule has 4 aromatic rings. The molecule has 0 aliphatic rings. The summed E-state index contributed by atoms with van der Waals surface area (Å²) < 4.78 is 45.3. The van der Waals surface area contributed by atoms with Gasteiger partial charge < -0.3 is 15.4 Å². The van der Waals surface area contributed by atoms with Gasteiger partial charge in [0, 0.05) is 33.4 Å². The van der Waals surface area contributed by atoms with Crippen LogP contribution in [0.1, 0.15) is 107 Å². The van der Waals surface area contributed by atoms with Crippen LogP contribution in [0, 0.1) is 68.1 Å². The summed E-state index contributed by atoms with van der Waals surface area (Å²) in [4.78, 5) is 25.9. The van der Waals surface area contributed by atoms with Crippen molar-refractivity contribution in [1.29, 1.82) is 10.5 Å². The van der Waals surface area contributed by atoms with Gasteiger partial charge in [0.1, 0.15) is 17.9 Å². The number of carbonyl (C=O) groups excluding carboxylic acids is 2. The van der Waals surface area contributed by atoms with Crippen LogP contribution in [0.5, 0.6) is 5.75 Å². The molecule has 4 rings (SSSR count). The molecule has 0 unspecified atom stereocenters. The molecule has 298 valence electrons. The number of amides is 2. The molecule has 0 spiro atoms. The van der Waals surface area contributed by atoms with Crippen molar-refractivity contribution in [2.45, 2.75) is 82.3 Å². The first-order valence-electron chi connectivity index (χ1n) is 18.3. The number of nitrogens with one attached hydrogen (secondary N) is 2. The van der Waals surface area contributed by atoms with Crippen LogP contribution in [0.25, 0.3) is 11.1 Å². The van der Waals surface area contributed by atoms with E-state index in [2.05, 4.69) is 28.8 Å². The van der Waals surface area contributed by atoms with Crippen molar-refractivity contribution in [3.63, 3.8) is 0 Å². The maximum absolute atomic E-state index is 13.3. The van der Waals surface area contributed by atoms with Crippen LogP contribution in [-0.4, -0.2) is 18.9 Å². The Labute approximate surface area is 334 Å². The molecular weight excluding hydrogens is 726 g/mol. The lowest BCUT2D eigenvalue weighted by atomic mass is 9.85. The van der Waals surface area contributed by atoms with Crippen molar-refractivity contribution >= 4 is 23.0 Å². The van der Waals surface area contributed by atoms with E-state index in [1.807, 2.05) is 91.8 Å². The Morgan fingerprint density at radius 3 is 1.35 bits per heavy atom. The number of ether oxygens (including phenoxy) is 1. The van der Waals surface area contributed by atoms with Crippen molar-refractivity contribution in [3.05, 3.63) is 146 Å². The third kappa shape index (κ3) is 11.7. The van der Waals surface area contributed by atoms with E-state index in [0.717, 1.165) is 45.5 Å². The quantitative estimate of drug-likeness (QED) is 0.181. The smallest absolute Gasteiger partial charge is 0.417 e. The fourth-order valence-electron chi connectivity index (χ4n) is 6.39. The third-order valence-corrected chi connectivity index (χ3v) is 8.95. The van der Waals surface area contributed by atoms with Crippen LogP contribution in [0.2, 0.25) is 0 Å². The standard InChI is InChI=1S/C24H28N2O2.C23H23F3N2O/c1-15-11-16(2)13-18(12-15)20(14-25)22(24(4,5)6)26-23(27)19-9-8-10-21(28-7)17(19)3;1-14-10-15(2)12-16(11-14)18(13-27)20(22(3,4)5)28-21(29)17-8-6-7-9-19(17)23(24,25)26/h8-13H,1-7H3,(H,26,27);6-12H,1-5H3,(H,28,29)/b22-20+;20-18+. The summed E-state index contributed by atoms with van der Waals surface area (Å²) in [5.41, 5.74) is 5.70. The van der Waals surface area contributed by atoms with Gasteiger partial charge in [0.2, 0.25) is 0 Å². The number of alkyl halides is 3. The van der Waals surface area contributed by atoms with E-state index in [0.29, 0.717) is 28.1 Å². The van der Waals surface area contributed by atoms with Crippen LogP contribution in [0.4, 0.5) is 13.2 Å². The molecule has 0 fully saturated rings.